The van der Waals surface area contributed by atoms with Crippen LogP contribution in [0.15, 0.2) is 48.5 Å². The molecule has 2 aromatic rings. The second kappa shape index (κ2) is 10.2. The number of hydrogen-bond donors (Lipinski definition) is 0. The Kier molecular flexibility index (Phi) is 7.08. The molecule has 1 heterocycles. The van der Waals surface area contributed by atoms with Crippen molar-refractivity contribution in [3.63, 3.8) is 0 Å². The zero-order chi connectivity index (χ0) is 22.5. The van der Waals surface area contributed by atoms with Crippen LogP contribution in [0.25, 0.3) is 0 Å². The first-order valence-corrected chi connectivity index (χ1v) is 11.5. The van der Waals surface area contributed by atoms with E-state index in [-0.39, 0.29) is 30.3 Å². The molecule has 4 rings (SSSR count). The summed E-state index contributed by atoms with van der Waals surface area (Å²) in [4.78, 5) is 28.1. The van der Waals surface area contributed by atoms with E-state index >= 15 is 0 Å². The molecule has 0 N–H and O–H groups in total. The Morgan fingerprint density at radius 1 is 0.969 bits per heavy atom. The maximum Gasteiger partial charge on any atom is 0.261 e. The van der Waals surface area contributed by atoms with Gasteiger partial charge in [0.2, 0.25) is 5.91 Å². The maximum absolute atomic E-state index is 13.0. The molecule has 2 aromatic carbocycles. The van der Waals surface area contributed by atoms with Crippen molar-refractivity contribution in [1.29, 1.82) is 0 Å². The van der Waals surface area contributed by atoms with Crippen LogP contribution in [0, 0.1) is 11.7 Å². The first-order chi connectivity index (χ1) is 15.5. The molecule has 2 aliphatic rings. The normalized spacial score (nSPS) is 16.6. The van der Waals surface area contributed by atoms with Crippen molar-refractivity contribution in [3.8, 4) is 5.75 Å². The largest absolute Gasteiger partial charge is 0.484 e. The molecular formula is C26H31FN2O3. The highest BCUT2D eigenvalue weighted by Gasteiger charge is 2.32. The summed E-state index contributed by atoms with van der Waals surface area (Å²) in [6.07, 6.45) is 5.19. The van der Waals surface area contributed by atoms with Crippen LogP contribution >= 0.6 is 0 Å². The Hall–Kier alpha value is -2.89. The Morgan fingerprint density at radius 2 is 1.59 bits per heavy atom. The highest BCUT2D eigenvalue weighted by Crippen LogP contribution is 2.29. The van der Waals surface area contributed by atoms with E-state index in [9.17, 15) is 14.0 Å². The quantitative estimate of drug-likeness (QED) is 0.621. The molecule has 1 aliphatic heterocycles. The van der Waals surface area contributed by atoms with Gasteiger partial charge in [0, 0.05) is 32.6 Å². The molecule has 1 aliphatic carbocycles. The zero-order valence-electron chi connectivity index (χ0n) is 18.6. The molecule has 2 amide bonds. The number of likely N-dealkylation sites (tertiary alicyclic amines) is 1. The highest BCUT2D eigenvalue weighted by molar-refractivity contribution is 5.78. The van der Waals surface area contributed by atoms with E-state index in [0.717, 1.165) is 50.8 Å². The summed E-state index contributed by atoms with van der Waals surface area (Å²) in [5.41, 5.74) is 2.42. The van der Waals surface area contributed by atoms with Gasteiger partial charge in [-0.05, 0) is 73.4 Å². The molecule has 170 valence electrons. The fourth-order valence-electron chi connectivity index (χ4n) is 4.33. The SMILES string of the molecule is CC(=O)N1CCC(Cc2ccc(CN(C(=O)COc3ccc(F)cc3)C3CC3)cc2)CC1. The lowest BCUT2D eigenvalue weighted by Crippen LogP contribution is -2.37. The van der Waals surface area contributed by atoms with Crippen molar-refractivity contribution in [1.82, 2.24) is 9.80 Å². The predicted molar refractivity (Wildman–Crippen MR) is 121 cm³/mol. The molecule has 0 radical (unpaired) electrons. The van der Waals surface area contributed by atoms with Crippen LogP contribution in [0.4, 0.5) is 4.39 Å². The van der Waals surface area contributed by atoms with Gasteiger partial charge in [-0.2, -0.15) is 0 Å². The van der Waals surface area contributed by atoms with E-state index in [2.05, 4.69) is 24.3 Å². The smallest absolute Gasteiger partial charge is 0.261 e. The van der Waals surface area contributed by atoms with E-state index in [0.29, 0.717) is 18.2 Å². The van der Waals surface area contributed by atoms with Gasteiger partial charge in [-0.25, -0.2) is 4.39 Å². The van der Waals surface area contributed by atoms with Gasteiger partial charge in [0.05, 0.1) is 0 Å². The van der Waals surface area contributed by atoms with Crippen molar-refractivity contribution in [2.24, 2.45) is 5.92 Å². The molecule has 0 bridgehead atoms. The van der Waals surface area contributed by atoms with Gasteiger partial charge in [-0.1, -0.05) is 24.3 Å². The summed E-state index contributed by atoms with van der Waals surface area (Å²) >= 11 is 0. The topological polar surface area (TPSA) is 49.9 Å². The third-order valence-corrected chi connectivity index (χ3v) is 6.44. The monoisotopic (exact) mass is 438 g/mol. The molecule has 32 heavy (non-hydrogen) atoms. The van der Waals surface area contributed by atoms with Crippen LogP contribution in [0.5, 0.6) is 5.75 Å². The highest BCUT2D eigenvalue weighted by atomic mass is 19.1. The fraction of sp³-hybridized carbons (Fsp3) is 0.462. The Labute approximate surface area is 189 Å². The number of halogens is 1. The summed E-state index contributed by atoms with van der Waals surface area (Å²) in [5.74, 6) is 0.913. The third kappa shape index (κ3) is 6.09. The number of carbonyl (C=O) groups is 2. The van der Waals surface area contributed by atoms with Crippen molar-refractivity contribution in [3.05, 3.63) is 65.5 Å². The van der Waals surface area contributed by atoms with Gasteiger partial charge >= 0.3 is 0 Å². The Balaban J connectivity index is 1.28. The number of ether oxygens (including phenoxy) is 1. The standard InChI is InChI=1S/C26H31FN2O3/c1-19(30)28-14-12-21(13-15-28)16-20-2-4-22(5-3-20)17-29(24-8-9-24)26(31)18-32-25-10-6-23(27)7-11-25/h2-7,10-11,21,24H,8-9,12-18H2,1H3. The minimum atomic E-state index is -0.326. The lowest BCUT2D eigenvalue weighted by atomic mass is 9.90. The number of amides is 2. The Bertz CT molecular complexity index is 917. The third-order valence-electron chi connectivity index (χ3n) is 6.44. The molecule has 1 saturated carbocycles. The molecule has 2 fully saturated rings. The number of hydrogen-bond acceptors (Lipinski definition) is 3. The minimum absolute atomic E-state index is 0.0425. The van der Waals surface area contributed by atoms with Gasteiger partial charge in [0.15, 0.2) is 6.61 Å². The van der Waals surface area contributed by atoms with Crippen molar-refractivity contribution in [2.75, 3.05) is 19.7 Å². The average Bonchev–Trinajstić information content (AvgIpc) is 3.63. The van der Waals surface area contributed by atoms with Crippen LogP contribution in [-0.2, 0) is 22.6 Å². The predicted octanol–water partition coefficient (Wildman–Crippen LogP) is 4.20. The number of carbonyl (C=O) groups excluding carboxylic acids is 2. The number of benzene rings is 2. The molecule has 1 saturated heterocycles. The second-order valence-electron chi connectivity index (χ2n) is 8.97. The summed E-state index contributed by atoms with van der Waals surface area (Å²) in [6, 6.07) is 14.6. The fourth-order valence-corrected chi connectivity index (χ4v) is 4.33. The summed E-state index contributed by atoms with van der Waals surface area (Å²) < 4.78 is 18.6. The first-order valence-electron chi connectivity index (χ1n) is 11.5. The summed E-state index contributed by atoms with van der Waals surface area (Å²) in [7, 11) is 0. The van der Waals surface area contributed by atoms with Crippen molar-refractivity contribution >= 4 is 11.8 Å². The van der Waals surface area contributed by atoms with Crippen molar-refractivity contribution in [2.45, 2.75) is 51.6 Å². The number of nitrogens with zero attached hydrogens (tertiary/aromatic N) is 2. The molecule has 6 heteroatoms. The van der Waals surface area contributed by atoms with E-state index < -0.39 is 0 Å². The van der Waals surface area contributed by atoms with Gasteiger partial charge in [-0.15, -0.1) is 0 Å². The number of piperidine rings is 1. The molecule has 5 nitrogen and oxygen atoms in total. The zero-order valence-corrected chi connectivity index (χ0v) is 18.6. The van der Waals surface area contributed by atoms with Crippen LogP contribution in [-0.4, -0.2) is 47.4 Å². The van der Waals surface area contributed by atoms with Crippen LogP contribution < -0.4 is 4.74 Å². The Morgan fingerprint density at radius 3 is 2.19 bits per heavy atom. The lowest BCUT2D eigenvalue weighted by molar-refractivity contribution is -0.134. The van der Waals surface area contributed by atoms with Crippen LogP contribution in [0.3, 0.4) is 0 Å². The molecule has 0 spiro atoms. The van der Waals surface area contributed by atoms with E-state index in [1.165, 1.54) is 29.8 Å². The van der Waals surface area contributed by atoms with Crippen LogP contribution in [0.1, 0.15) is 43.7 Å². The van der Waals surface area contributed by atoms with E-state index in [1.54, 1.807) is 6.92 Å². The van der Waals surface area contributed by atoms with E-state index in [4.69, 9.17) is 4.74 Å². The minimum Gasteiger partial charge on any atom is -0.484 e. The average molecular weight is 439 g/mol. The molecular weight excluding hydrogens is 407 g/mol. The van der Waals surface area contributed by atoms with Crippen molar-refractivity contribution < 1.29 is 18.7 Å². The molecule has 0 aromatic heterocycles. The summed E-state index contributed by atoms with van der Waals surface area (Å²) in [6.45, 7) is 3.89. The molecule has 0 atom stereocenters. The van der Waals surface area contributed by atoms with Gasteiger partial charge < -0.3 is 14.5 Å². The van der Waals surface area contributed by atoms with Gasteiger partial charge in [0.25, 0.3) is 5.91 Å². The van der Waals surface area contributed by atoms with Gasteiger partial charge in [-0.3, -0.25) is 9.59 Å². The molecule has 0 unspecified atom stereocenters. The van der Waals surface area contributed by atoms with E-state index in [1.807, 2.05) is 9.80 Å². The lowest BCUT2D eigenvalue weighted by Gasteiger charge is -2.31. The first kappa shape index (κ1) is 22.3. The second-order valence-corrected chi connectivity index (χ2v) is 8.97. The summed E-state index contributed by atoms with van der Waals surface area (Å²) in [5, 5.41) is 0. The van der Waals surface area contributed by atoms with Gasteiger partial charge in [0.1, 0.15) is 11.6 Å². The van der Waals surface area contributed by atoms with Crippen LogP contribution in [0.2, 0.25) is 0 Å². The number of rotatable bonds is 8. The maximum atomic E-state index is 13.0.